The van der Waals surface area contributed by atoms with Crippen molar-refractivity contribution in [3.63, 3.8) is 0 Å². The van der Waals surface area contributed by atoms with Crippen molar-refractivity contribution in [2.75, 3.05) is 7.11 Å². The van der Waals surface area contributed by atoms with E-state index in [2.05, 4.69) is 4.57 Å². The first kappa shape index (κ1) is 21.8. The second-order valence-electron chi connectivity index (χ2n) is 8.09. The van der Waals surface area contributed by atoms with Gasteiger partial charge in [-0.15, -0.1) is 0 Å². The topological polar surface area (TPSA) is 51.5 Å². The Labute approximate surface area is 198 Å². The van der Waals surface area contributed by atoms with Crippen molar-refractivity contribution >= 4 is 21.6 Å². The maximum absolute atomic E-state index is 14.1. The Morgan fingerprint density at radius 2 is 1.73 bits per heavy atom. The van der Waals surface area contributed by atoms with Gasteiger partial charge < -0.3 is 9.30 Å². The van der Waals surface area contributed by atoms with Crippen LogP contribution in [0.2, 0.25) is 5.02 Å². The number of rotatable bonds is 4. The molecule has 0 amide bonds. The Morgan fingerprint density at radius 3 is 2.45 bits per heavy atom. The summed E-state index contributed by atoms with van der Waals surface area (Å²) < 4.78 is 37.1. The number of nitrogens with zero attached hydrogens (tertiary/aromatic N) is 2. The number of halogens is 1. The number of hydrogen-bond acceptors (Lipinski definition) is 3. The van der Waals surface area contributed by atoms with E-state index in [1.165, 1.54) is 13.2 Å². The van der Waals surface area contributed by atoms with E-state index in [9.17, 15) is 8.42 Å². The molecule has 1 aromatic heterocycles. The molecule has 33 heavy (non-hydrogen) atoms. The first-order valence-electron chi connectivity index (χ1n) is 10.6. The van der Waals surface area contributed by atoms with E-state index in [1.54, 1.807) is 16.4 Å². The van der Waals surface area contributed by atoms with Gasteiger partial charge in [0.2, 0.25) is 10.0 Å². The molecule has 5 rings (SSSR count). The van der Waals surface area contributed by atoms with Gasteiger partial charge in [0.05, 0.1) is 23.1 Å². The number of aryl methyl sites for hydroxylation is 1. The van der Waals surface area contributed by atoms with Crippen molar-refractivity contribution in [2.45, 2.75) is 24.4 Å². The average molecular weight is 479 g/mol. The highest BCUT2D eigenvalue weighted by Crippen LogP contribution is 2.40. The van der Waals surface area contributed by atoms with Crippen molar-refractivity contribution < 1.29 is 13.2 Å². The monoisotopic (exact) mass is 478 g/mol. The van der Waals surface area contributed by atoms with Crippen LogP contribution in [-0.2, 0) is 16.6 Å². The summed E-state index contributed by atoms with van der Waals surface area (Å²) in [6, 6.07) is 23.9. The summed E-state index contributed by atoms with van der Waals surface area (Å²) in [4.78, 5) is 0.128. The molecule has 0 bridgehead atoms. The molecule has 2 heterocycles. The van der Waals surface area contributed by atoms with E-state index in [0.29, 0.717) is 5.75 Å². The maximum Gasteiger partial charge on any atom is 0.244 e. The molecule has 0 fully saturated rings. The second kappa shape index (κ2) is 8.37. The van der Waals surface area contributed by atoms with E-state index in [1.807, 2.05) is 73.8 Å². The van der Waals surface area contributed by atoms with Crippen molar-refractivity contribution in [3.05, 3.63) is 112 Å². The molecule has 3 aromatic carbocycles. The lowest BCUT2D eigenvalue weighted by molar-refractivity contribution is 0.353. The van der Waals surface area contributed by atoms with E-state index < -0.39 is 16.1 Å². The van der Waals surface area contributed by atoms with Crippen LogP contribution in [0.5, 0.6) is 5.75 Å². The Balaban J connectivity index is 1.74. The fourth-order valence-electron chi connectivity index (χ4n) is 4.38. The average Bonchev–Trinajstić information content (AvgIpc) is 3.24. The number of aromatic nitrogens is 1. The molecule has 1 aliphatic rings. The molecule has 0 aliphatic carbocycles. The molecule has 0 spiro atoms. The molecule has 4 aromatic rings. The predicted molar refractivity (Wildman–Crippen MR) is 130 cm³/mol. The summed E-state index contributed by atoms with van der Waals surface area (Å²) in [5.41, 5.74) is 4.79. The Bertz CT molecular complexity index is 1430. The predicted octanol–water partition coefficient (Wildman–Crippen LogP) is 5.74. The highest BCUT2D eigenvalue weighted by Gasteiger charge is 2.38. The normalized spacial score (nSPS) is 16.0. The van der Waals surface area contributed by atoms with Gasteiger partial charge in [0.25, 0.3) is 0 Å². The van der Waals surface area contributed by atoms with Crippen molar-refractivity contribution in [2.24, 2.45) is 0 Å². The van der Waals surface area contributed by atoms with Gasteiger partial charge in [-0.05, 0) is 54.4 Å². The van der Waals surface area contributed by atoms with Gasteiger partial charge in [0.15, 0.2) is 0 Å². The summed E-state index contributed by atoms with van der Waals surface area (Å²) in [6.07, 6.45) is 1.98. The largest absolute Gasteiger partial charge is 0.495 e. The Morgan fingerprint density at radius 1 is 0.970 bits per heavy atom. The second-order valence-corrected chi connectivity index (χ2v) is 10.4. The lowest BCUT2D eigenvalue weighted by Gasteiger charge is -2.30. The van der Waals surface area contributed by atoms with E-state index in [0.717, 1.165) is 28.1 Å². The molecule has 1 aliphatic heterocycles. The summed E-state index contributed by atoms with van der Waals surface area (Å²) in [5.74, 6) is 0.431. The van der Waals surface area contributed by atoms with Gasteiger partial charge in [-0.3, -0.25) is 0 Å². The minimum absolute atomic E-state index is 0.128. The van der Waals surface area contributed by atoms with Crippen molar-refractivity contribution in [1.82, 2.24) is 8.87 Å². The number of hydrogen-bond donors (Lipinski definition) is 0. The third-order valence-electron chi connectivity index (χ3n) is 6.05. The van der Waals surface area contributed by atoms with E-state index >= 15 is 0 Å². The zero-order valence-electron chi connectivity index (χ0n) is 18.3. The Kier molecular flexibility index (Phi) is 5.52. The van der Waals surface area contributed by atoms with Crippen LogP contribution in [0.1, 0.15) is 28.4 Å². The van der Waals surface area contributed by atoms with Gasteiger partial charge in [-0.2, -0.15) is 4.31 Å². The lowest BCUT2D eigenvalue weighted by atomic mass is 10.0. The molecule has 5 nitrogen and oxygen atoms in total. The zero-order chi connectivity index (χ0) is 23.2. The highest BCUT2D eigenvalue weighted by atomic mass is 35.5. The number of para-hydroxylation sites is 1. The number of benzene rings is 3. The lowest BCUT2D eigenvalue weighted by Crippen LogP contribution is -2.34. The van der Waals surface area contributed by atoms with Gasteiger partial charge >= 0.3 is 0 Å². The van der Waals surface area contributed by atoms with E-state index in [4.69, 9.17) is 16.3 Å². The molecule has 0 unspecified atom stereocenters. The molecule has 0 saturated carbocycles. The first-order valence-corrected chi connectivity index (χ1v) is 12.4. The number of sulfonamides is 1. The highest BCUT2D eigenvalue weighted by molar-refractivity contribution is 7.89. The number of fused-ring (bicyclic) bond motifs is 3. The quantitative estimate of drug-likeness (QED) is 0.375. The smallest absolute Gasteiger partial charge is 0.244 e. The molecular weight excluding hydrogens is 456 g/mol. The number of methoxy groups -OCH3 is 1. The number of ether oxygens (including phenoxy) is 1. The first-order chi connectivity index (χ1) is 15.9. The minimum atomic E-state index is -3.92. The fraction of sp³-hybridized carbons (Fsp3) is 0.154. The van der Waals surface area contributed by atoms with Crippen LogP contribution in [0, 0.1) is 6.92 Å². The molecule has 0 radical (unpaired) electrons. The zero-order valence-corrected chi connectivity index (χ0v) is 19.8. The molecular formula is C26H23ClN2O3S. The molecule has 0 saturated heterocycles. The van der Waals surface area contributed by atoms with Crippen LogP contribution >= 0.6 is 11.6 Å². The van der Waals surface area contributed by atoms with Crippen LogP contribution in [0.25, 0.3) is 5.69 Å². The SMILES string of the molecule is COc1ccc(S(=O)(=O)N2Cc3ccccc3-n3cccc3[C@@H]2c2ccc(C)cc2)cc1Cl. The summed E-state index contributed by atoms with van der Waals surface area (Å²) in [6.45, 7) is 2.24. The standard InChI is InChI=1S/C26H23ClN2O3S/c1-18-9-11-19(12-10-18)26-24-8-5-15-28(24)23-7-4-3-6-20(23)17-29(26)33(30,31)21-13-14-25(32-2)22(27)16-21/h3-16,26H,17H2,1-2H3/t26-/m0/s1. The summed E-state index contributed by atoms with van der Waals surface area (Å²) in [5, 5.41) is 0.254. The molecule has 0 N–H and O–H groups in total. The van der Waals surface area contributed by atoms with E-state index in [-0.39, 0.29) is 16.5 Å². The van der Waals surface area contributed by atoms with Gasteiger partial charge in [-0.25, -0.2) is 8.42 Å². The summed E-state index contributed by atoms with van der Waals surface area (Å²) in [7, 11) is -2.42. The van der Waals surface area contributed by atoms with Crippen LogP contribution in [0.3, 0.4) is 0 Å². The molecule has 7 heteroatoms. The van der Waals surface area contributed by atoms with Crippen LogP contribution in [0.15, 0.2) is 90.0 Å². The van der Waals surface area contributed by atoms with Crippen LogP contribution in [0.4, 0.5) is 0 Å². The van der Waals surface area contributed by atoms with Gasteiger partial charge in [-0.1, -0.05) is 59.6 Å². The third-order valence-corrected chi connectivity index (χ3v) is 8.15. The minimum Gasteiger partial charge on any atom is -0.495 e. The van der Waals surface area contributed by atoms with Crippen molar-refractivity contribution in [1.29, 1.82) is 0 Å². The van der Waals surface area contributed by atoms with Crippen LogP contribution in [-0.4, -0.2) is 24.4 Å². The third kappa shape index (κ3) is 3.74. The van der Waals surface area contributed by atoms with Gasteiger partial charge in [0.1, 0.15) is 5.75 Å². The molecule has 168 valence electrons. The van der Waals surface area contributed by atoms with Crippen molar-refractivity contribution in [3.8, 4) is 11.4 Å². The Hall–Kier alpha value is -3.06. The van der Waals surface area contributed by atoms with Crippen LogP contribution < -0.4 is 4.74 Å². The fourth-order valence-corrected chi connectivity index (χ4v) is 6.29. The molecule has 1 atom stereocenters. The maximum atomic E-state index is 14.1. The van der Waals surface area contributed by atoms with Gasteiger partial charge in [0, 0.05) is 24.1 Å². The summed E-state index contributed by atoms with van der Waals surface area (Å²) >= 11 is 6.31.